The molecule has 0 aliphatic heterocycles. The standard InChI is InChI=1S/C10H10N2O4/c1-6-3-4-8(16-6)5-15-10(14)9(12-11)7(2)13/h3-4H,5H2,1-2H3. The van der Waals surface area contributed by atoms with Gasteiger partial charge in [0.2, 0.25) is 5.78 Å². The number of carbonyl (C=O) groups is 2. The molecule has 0 unspecified atom stereocenters. The molecule has 1 rings (SSSR count). The summed E-state index contributed by atoms with van der Waals surface area (Å²) in [6.07, 6.45) is 0. The molecule has 0 aliphatic carbocycles. The van der Waals surface area contributed by atoms with Crippen LogP contribution in [0.15, 0.2) is 16.5 Å². The van der Waals surface area contributed by atoms with Gasteiger partial charge >= 0.3 is 11.7 Å². The highest BCUT2D eigenvalue weighted by Gasteiger charge is 2.27. The maximum Gasteiger partial charge on any atom is 0.441 e. The van der Waals surface area contributed by atoms with Crippen molar-refractivity contribution in [1.82, 2.24) is 0 Å². The van der Waals surface area contributed by atoms with Crippen molar-refractivity contribution in [3.05, 3.63) is 29.2 Å². The molecule has 1 heterocycles. The lowest BCUT2D eigenvalue weighted by Crippen LogP contribution is -2.25. The van der Waals surface area contributed by atoms with Gasteiger partial charge in [-0.1, -0.05) is 0 Å². The van der Waals surface area contributed by atoms with Crippen LogP contribution in [0.25, 0.3) is 5.53 Å². The van der Waals surface area contributed by atoms with Gasteiger partial charge in [-0.25, -0.2) is 4.79 Å². The van der Waals surface area contributed by atoms with Crippen LogP contribution in [-0.2, 0) is 20.9 Å². The molecule has 6 nitrogen and oxygen atoms in total. The van der Waals surface area contributed by atoms with Gasteiger partial charge in [-0.2, -0.15) is 4.79 Å². The number of ether oxygens (including phenoxy) is 1. The molecule has 0 saturated heterocycles. The molecule has 1 aromatic heterocycles. The number of carbonyl (C=O) groups excluding carboxylic acids is 2. The number of furan rings is 1. The van der Waals surface area contributed by atoms with Gasteiger partial charge in [0.1, 0.15) is 18.1 Å². The lowest BCUT2D eigenvalue weighted by Gasteiger charge is -1.97. The SMILES string of the molecule is CC(=O)C(=[N+]=[N-])C(=O)OCc1ccc(C)o1. The van der Waals surface area contributed by atoms with Crippen LogP contribution in [0.1, 0.15) is 18.4 Å². The van der Waals surface area contributed by atoms with E-state index >= 15 is 0 Å². The minimum atomic E-state index is -0.982. The predicted octanol–water partition coefficient (Wildman–Crippen LogP) is 0.891. The number of nitrogens with zero attached hydrogens (tertiary/aromatic N) is 2. The van der Waals surface area contributed by atoms with Crippen molar-refractivity contribution in [1.29, 1.82) is 0 Å². The van der Waals surface area contributed by atoms with Crippen LogP contribution >= 0.6 is 0 Å². The molecule has 0 amide bonds. The molecule has 0 radical (unpaired) electrons. The van der Waals surface area contributed by atoms with E-state index in [0.29, 0.717) is 11.5 Å². The Morgan fingerprint density at radius 1 is 1.50 bits per heavy atom. The highest BCUT2D eigenvalue weighted by Crippen LogP contribution is 2.07. The number of rotatable bonds is 4. The third-order valence-corrected chi connectivity index (χ3v) is 1.77. The summed E-state index contributed by atoms with van der Waals surface area (Å²) in [5.41, 5.74) is 7.78. The van der Waals surface area contributed by atoms with E-state index in [9.17, 15) is 9.59 Å². The maximum atomic E-state index is 11.2. The van der Waals surface area contributed by atoms with Crippen molar-refractivity contribution < 1.29 is 23.5 Å². The topological polar surface area (TPSA) is 92.9 Å². The number of esters is 1. The Balaban J connectivity index is 2.59. The molecular weight excluding hydrogens is 212 g/mol. The largest absolute Gasteiger partial charge is 0.463 e. The van der Waals surface area contributed by atoms with Gasteiger partial charge in [0.05, 0.1) is 0 Å². The third-order valence-electron chi connectivity index (χ3n) is 1.77. The van der Waals surface area contributed by atoms with Gasteiger partial charge in [-0.3, -0.25) is 4.79 Å². The van der Waals surface area contributed by atoms with Gasteiger partial charge < -0.3 is 14.7 Å². The van der Waals surface area contributed by atoms with Crippen LogP contribution < -0.4 is 0 Å². The zero-order valence-corrected chi connectivity index (χ0v) is 8.89. The molecule has 84 valence electrons. The molecule has 0 bridgehead atoms. The normalized spacial score (nSPS) is 9.38. The first-order valence-electron chi connectivity index (χ1n) is 4.50. The number of hydrogen-bond acceptors (Lipinski definition) is 4. The van der Waals surface area contributed by atoms with Gasteiger partial charge in [-0.15, -0.1) is 0 Å². The molecule has 0 atom stereocenters. The van der Waals surface area contributed by atoms with Crippen LogP contribution in [-0.4, -0.2) is 22.3 Å². The van der Waals surface area contributed by atoms with Crippen LogP contribution in [0.4, 0.5) is 0 Å². The molecule has 16 heavy (non-hydrogen) atoms. The Morgan fingerprint density at radius 2 is 2.19 bits per heavy atom. The van der Waals surface area contributed by atoms with E-state index in [0.717, 1.165) is 6.92 Å². The Morgan fingerprint density at radius 3 is 2.62 bits per heavy atom. The number of ketones is 1. The lowest BCUT2D eigenvalue weighted by molar-refractivity contribution is -0.143. The summed E-state index contributed by atoms with van der Waals surface area (Å²) in [4.78, 5) is 24.6. The van der Waals surface area contributed by atoms with Crippen molar-refractivity contribution in [2.45, 2.75) is 20.5 Å². The fourth-order valence-electron chi connectivity index (χ4n) is 1.02. The Kier molecular flexibility index (Phi) is 3.74. The average Bonchev–Trinajstić information content (AvgIpc) is 2.62. The fraction of sp³-hybridized carbons (Fsp3) is 0.300. The highest BCUT2D eigenvalue weighted by molar-refractivity contribution is 6.61. The summed E-state index contributed by atoms with van der Waals surface area (Å²) < 4.78 is 9.85. The van der Waals surface area contributed by atoms with Gasteiger partial charge in [0, 0.05) is 6.92 Å². The molecule has 6 heteroatoms. The van der Waals surface area contributed by atoms with E-state index in [-0.39, 0.29) is 6.61 Å². The van der Waals surface area contributed by atoms with E-state index in [2.05, 4.69) is 4.79 Å². The first-order chi connectivity index (χ1) is 7.54. The summed E-state index contributed by atoms with van der Waals surface area (Å²) in [5.74, 6) is -0.507. The van der Waals surface area contributed by atoms with Crippen LogP contribution in [0, 0.1) is 6.92 Å². The van der Waals surface area contributed by atoms with E-state index in [1.54, 1.807) is 19.1 Å². The van der Waals surface area contributed by atoms with Gasteiger partial charge in [-0.05, 0) is 19.1 Å². The number of aryl methyl sites for hydroxylation is 1. The number of hydrogen-bond donors (Lipinski definition) is 0. The summed E-state index contributed by atoms with van der Waals surface area (Å²) in [5, 5.41) is 0. The first kappa shape index (κ1) is 11.9. The molecule has 0 saturated carbocycles. The Hall–Kier alpha value is -2.20. The van der Waals surface area contributed by atoms with Crippen molar-refractivity contribution >= 4 is 17.5 Å². The molecule has 0 fully saturated rings. The maximum absolute atomic E-state index is 11.2. The molecule has 1 aromatic rings. The zero-order chi connectivity index (χ0) is 12.1. The second-order valence-electron chi connectivity index (χ2n) is 3.09. The second kappa shape index (κ2) is 5.04. The highest BCUT2D eigenvalue weighted by atomic mass is 16.5. The monoisotopic (exact) mass is 222 g/mol. The predicted molar refractivity (Wildman–Crippen MR) is 52.5 cm³/mol. The Labute approximate surface area is 91.4 Å². The van der Waals surface area contributed by atoms with E-state index in [1.165, 1.54) is 0 Å². The average molecular weight is 222 g/mol. The minimum Gasteiger partial charge on any atom is -0.463 e. The summed E-state index contributed by atoms with van der Waals surface area (Å²) >= 11 is 0. The molecule has 0 N–H and O–H groups in total. The smallest absolute Gasteiger partial charge is 0.441 e. The molecule has 0 aliphatic rings. The quantitative estimate of drug-likeness (QED) is 0.248. The zero-order valence-electron chi connectivity index (χ0n) is 8.89. The van der Waals surface area contributed by atoms with Crippen molar-refractivity contribution in [3.63, 3.8) is 0 Å². The summed E-state index contributed by atoms with van der Waals surface area (Å²) in [6, 6.07) is 3.36. The van der Waals surface area contributed by atoms with Crippen LogP contribution in [0.5, 0.6) is 0 Å². The lowest BCUT2D eigenvalue weighted by atomic mass is 10.3. The van der Waals surface area contributed by atoms with Crippen LogP contribution in [0.2, 0.25) is 0 Å². The third kappa shape index (κ3) is 2.90. The fourth-order valence-corrected chi connectivity index (χ4v) is 1.02. The van der Waals surface area contributed by atoms with Crippen LogP contribution in [0.3, 0.4) is 0 Å². The molecular formula is C10H10N2O4. The first-order valence-corrected chi connectivity index (χ1v) is 4.50. The minimum absolute atomic E-state index is 0.112. The van der Waals surface area contributed by atoms with E-state index in [4.69, 9.17) is 14.7 Å². The molecule has 0 spiro atoms. The van der Waals surface area contributed by atoms with Crippen molar-refractivity contribution in [2.75, 3.05) is 0 Å². The summed E-state index contributed by atoms with van der Waals surface area (Å²) in [7, 11) is 0. The van der Waals surface area contributed by atoms with Crippen molar-refractivity contribution in [2.24, 2.45) is 0 Å². The Bertz CT molecular complexity index is 469. The second-order valence-corrected chi connectivity index (χ2v) is 3.09. The van der Waals surface area contributed by atoms with Gasteiger partial charge in [0.15, 0.2) is 0 Å². The van der Waals surface area contributed by atoms with Crippen molar-refractivity contribution in [3.8, 4) is 0 Å². The van der Waals surface area contributed by atoms with E-state index in [1.807, 2.05) is 0 Å². The summed E-state index contributed by atoms with van der Waals surface area (Å²) in [6.45, 7) is 2.74. The molecule has 0 aromatic carbocycles. The van der Waals surface area contributed by atoms with E-state index < -0.39 is 17.5 Å². The number of Topliss-reactive ketones (excluding diaryl/α,β-unsaturated/α-hetero) is 1. The van der Waals surface area contributed by atoms with Gasteiger partial charge in [0.25, 0.3) is 0 Å².